The van der Waals surface area contributed by atoms with Gasteiger partial charge in [0, 0.05) is 12.1 Å². The van der Waals surface area contributed by atoms with Crippen LogP contribution in [0.2, 0.25) is 0 Å². The Bertz CT molecular complexity index is 910. The van der Waals surface area contributed by atoms with Crippen molar-refractivity contribution >= 4 is 15.7 Å². The van der Waals surface area contributed by atoms with Crippen LogP contribution < -0.4 is 14.2 Å². The van der Waals surface area contributed by atoms with E-state index in [0.29, 0.717) is 5.75 Å². The van der Waals surface area contributed by atoms with Gasteiger partial charge in [0.15, 0.2) is 5.75 Å². The Balaban J connectivity index is 2.39. The molecule has 27 heavy (non-hydrogen) atoms. The highest BCUT2D eigenvalue weighted by molar-refractivity contribution is 7.89. The third-order valence-corrected chi connectivity index (χ3v) is 5.52. The molecule has 1 atom stereocenters. The Morgan fingerprint density at radius 1 is 1.04 bits per heavy atom. The third-order valence-electron chi connectivity index (χ3n) is 4.08. The molecule has 0 fully saturated rings. The average molecular weight is 394 g/mol. The van der Waals surface area contributed by atoms with Crippen molar-refractivity contribution in [3.8, 4) is 11.5 Å². The lowest BCUT2D eigenvalue weighted by Crippen LogP contribution is -2.31. The number of benzene rings is 2. The van der Waals surface area contributed by atoms with Crippen LogP contribution in [0.3, 0.4) is 0 Å². The van der Waals surface area contributed by atoms with E-state index >= 15 is 0 Å². The number of hydrogen-bond donors (Lipinski definition) is 1. The molecule has 0 unspecified atom stereocenters. The van der Waals surface area contributed by atoms with E-state index in [2.05, 4.69) is 4.72 Å². The van der Waals surface area contributed by atoms with E-state index in [9.17, 15) is 18.5 Å². The van der Waals surface area contributed by atoms with Gasteiger partial charge < -0.3 is 9.47 Å². The zero-order valence-electron chi connectivity index (χ0n) is 15.5. The zero-order chi connectivity index (χ0) is 20.2. The van der Waals surface area contributed by atoms with Crippen molar-refractivity contribution in [3.05, 3.63) is 58.1 Å². The minimum Gasteiger partial charge on any atom is -0.497 e. The Kier molecular flexibility index (Phi) is 6.40. The van der Waals surface area contributed by atoms with E-state index in [0.717, 1.165) is 11.6 Å². The minimum absolute atomic E-state index is 0.00508. The van der Waals surface area contributed by atoms with Gasteiger partial charge in [-0.1, -0.05) is 26.0 Å². The van der Waals surface area contributed by atoms with Crippen molar-refractivity contribution in [1.82, 2.24) is 4.72 Å². The molecule has 2 aromatic rings. The summed E-state index contributed by atoms with van der Waals surface area (Å²) in [6.07, 6.45) is 0. The van der Waals surface area contributed by atoms with Crippen molar-refractivity contribution in [2.75, 3.05) is 14.2 Å². The number of nitrogens with one attached hydrogen (secondary N) is 1. The van der Waals surface area contributed by atoms with Gasteiger partial charge in [-0.25, -0.2) is 13.1 Å². The lowest BCUT2D eigenvalue weighted by molar-refractivity contribution is -0.386. The summed E-state index contributed by atoms with van der Waals surface area (Å²) in [6, 6.07) is 10.1. The van der Waals surface area contributed by atoms with Gasteiger partial charge in [-0.2, -0.15) is 0 Å². The van der Waals surface area contributed by atoms with Crippen LogP contribution in [-0.4, -0.2) is 27.6 Å². The molecule has 2 aromatic carbocycles. The molecule has 0 aliphatic carbocycles. The Morgan fingerprint density at radius 2 is 1.67 bits per heavy atom. The second-order valence-corrected chi connectivity index (χ2v) is 7.92. The molecule has 1 N–H and O–H groups in total. The first kappa shape index (κ1) is 20.7. The van der Waals surface area contributed by atoms with E-state index in [1.807, 2.05) is 13.8 Å². The van der Waals surface area contributed by atoms with E-state index in [-0.39, 0.29) is 16.6 Å². The molecule has 0 radical (unpaired) electrons. The molecule has 0 spiro atoms. The standard InChI is InChI=1S/C18H22N2O6S/c1-12(2)18(13-5-7-14(25-3)8-6-13)19-27(23,24)15-9-10-17(26-4)16(11-15)20(21)22/h5-12,18-19H,1-4H3/t18-/m1/s1. The fourth-order valence-electron chi connectivity index (χ4n) is 2.62. The van der Waals surface area contributed by atoms with E-state index in [1.54, 1.807) is 31.4 Å². The minimum atomic E-state index is -3.99. The monoisotopic (exact) mass is 394 g/mol. The smallest absolute Gasteiger partial charge is 0.312 e. The quantitative estimate of drug-likeness (QED) is 0.544. The normalized spacial score (nSPS) is 12.6. The molecule has 146 valence electrons. The maximum Gasteiger partial charge on any atom is 0.312 e. The van der Waals surface area contributed by atoms with Gasteiger partial charge >= 0.3 is 5.69 Å². The number of methoxy groups -OCH3 is 2. The number of nitro benzene ring substituents is 1. The molecular weight excluding hydrogens is 372 g/mol. The number of nitro groups is 1. The van der Waals surface area contributed by atoms with Gasteiger partial charge in [0.05, 0.1) is 24.0 Å². The highest BCUT2D eigenvalue weighted by Crippen LogP contribution is 2.31. The summed E-state index contributed by atoms with van der Waals surface area (Å²) < 4.78 is 38.3. The summed E-state index contributed by atoms with van der Waals surface area (Å²) in [6.45, 7) is 3.77. The molecule has 2 rings (SSSR count). The highest BCUT2D eigenvalue weighted by Gasteiger charge is 2.27. The van der Waals surface area contributed by atoms with Crippen molar-refractivity contribution in [3.63, 3.8) is 0 Å². The van der Waals surface area contributed by atoms with Crippen LogP contribution in [0.4, 0.5) is 5.69 Å². The molecule has 0 aliphatic heterocycles. The molecule has 0 bridgehead atoms. The van der Waals surface area contributed by atoms with Crippen molar-refractivity contribution in [1.29, 1.82) is 0 Å². The van der Waals surface area contributed by atoms with E-state index in [4.69, 9.17) is 9.47 Å². The van der Waals surface area contributed by atoms with Crippen LogP contribution in [0.25, 0.3) is 0 Å². The largest absolute Gasteiger partial charge is 0.497 e. The first-order valence-corrected chi connectivity index (χ1v) is 9.66. The number of ether oxygens (including phenoxy) is 2. The predicted octanol–water partition coefficient (Wildman–Crippen LogP) is 3.29. The molecule has 0 saturated carbocycles. The Morgan fingerprint density at radius 3 is 2.15 bits per heavy atom. The summed E-state index contributed by atoms with van der Waals surface area (Å²) in [4.78, 5) is 10.3. The van der Waals surface area contributed by atoms with Crippen LogP contribution in [0.15, 0.2) is 47.4 Å². The summed E-state index contributed by atoms with van der Waals surface area (Å²) in [5, 5.41) is 11.2. The van der Waals surface area contributed by atoms with Crippen LogP contribution in [0, 0.1) is 16.0 Å². The first-order valence-electron chi connectivity index (χ1n) is 8.18. The fourth-order valence-corrected chi connectivity index (χ4v) is 4.01. The van der Waals surface area contributed by atoms with Crippen LogP contribution >= 0.6 is 0 Å². The van der Waals surface area contributed by atoms with E-state index < -0.39 is 26.7 Å². The van der Waals surface area contributed by atoms with Gasteiger partial charge in [0.2, 0.25) is 10.0 Å². The summed E-state index contributed by atoms with van der Waals surface area (Å²) >= 11 is 0. The SMILES string of the molecule is COc1ccc([C@H](NS(=O)(=O)c2ccc(OC)c([N+](=O)[O-])c2)C(C)C)cc1. The number of sulfonamides is 1. The summed E-state index contributed by atoms with van der Waals surface area (Å²) in [5.74, 6) is 0.603. The topological polar surface area (TPSA) is 108 Å². The zero-order valence-corrected chi connectivity index (χ0v) is 16.3. The second-order valence-electron chi connectivity index (χ2n) is 6.21. The van der Waals surface area contributed by atoms with Crippen LogP contribution in [0.5, 0.6) is 11.5 Å². The van der Waals surface area contributed by atoms with Gasteiger partial charge in [0.25, 0.3) is 0 Å². The molecule has 0 amide bonds. The molecule has 9 heteroatoms. The lowest BCUT2D eigenvalue weighted by Gasteiger charge is -2.23. The number of hydrogen-bond acceptors (Lipinski definition) is 6. The summed E-state index contributed by atoms with van der Waals surface area (Å²) in [5.41, 5.74) is 0.350. The summed E-state index contributed by atoms with van der Waals surface area (Å²) in [7, 11) is -1.16. The van der Waals surface area contributed by atoms with Crippen molar-refractivity contribution in [2.24, 2.45) is 5.92 Å². The molecular formula is C18H22N2O6S. The molecule has 0 saturated heterocycles. The second kappa shape index (κ2) is 8.36. The fraction of sp³-hybridized carbons (Fsp3) is 0.333. The third kappa shape index (κ3) is 4.75. The van der Waals surface area contributed by atoms with Crippen molar-refractivity contribution in [2.45, 2.75) is 24.8 Å². The van der Waals surface area contributed by atoms with Crippen LogP contribution in [0.1, 0.15) is 25.5 Å². The van der Waals surface area contributed by atoms with E-state index in [1.165, 1.54) is 19.2 Å². The Hall–Kier alpha value is -2.65. The van der Waals surface area contributed by atoms with Gasteiger partial charge in [-0.15, -0.1) is 0 Å². The van der Waals surface area contributed by atoms with Crippen molar-refractivity contribution < 1.29 is 22.8 Å². The highest BCUT2D eigenvalue weighted by atomic mass is 32.2. The maximum atomic E-state index is 12.8. The lowest BCUT2D eigenvalue weighted by atomic mass is 9.97. The van der Waals surface area contributed by atoms with Gasteiger partial charge in [-0.3, -0.25) is 10.1 Å². The average Bonchev–Trinajstić information content (AvgIpc) is 2.65. The van der Waals surface area contributed by atoms with Gasteiger partial charge in [0.1, 0.15) is 5.75 Å². The van der Waals surface area contributed by atoms with Gasteiger partial charge in [-0.05, 0) is 35.7 Å². The molecule has 8 nitrogen and oxygen atoms in total. The van der Waals surface area contributed by atoms with Crippen LogP contribution in [-0.2, 0) is 10.0 Å². The number of nitrogens with zero attached hydrogens (tertiary/aromatic N) is 1. The maximum absolute atomic E-state index is 12.8. The Labute approximate surface area is 158 Å². The first-order chi connectivity index (χ1) is 12.7. The molecule has 0 aromatic heterocycles. The molecule has 0 aliphatic rings. The molecule has 0 heterocycles. The predicted molar refractivity (Wildman–Crippen MR) is 101 cm³/mol. The number of rotatable bonds is 8.